The van der Waals surface area contributed by atoms with E-state index in [0.29, 0.717) is 18.7 Å². The highest BCUT2D eigenvalue weighted by Crippen LogP contribution is 2.16. The second-order valence-electron chi connectivity index (χ2n) is 3.99. The van der Waals surface area contributed by atoms with Crippen molar-refractivity contribution in [1.82, 2.24) is 4.98 Å². The van der Waals surface area contributed by atoms with Crippen molar-refractivity contribution in [2.75, 3.05) is 25.6 Å². The number of pyridine rings is 1. The average molecular weight is 269 g/mol. The highest BCUT2D eigenvalue weighted by Gasteiger charge is 1.97. The number of anilines is 1. The fourth-order valence-electron chi connectivity index (χ4n) is 1.58. The van der Waals surface area contributed by atoms with E-state index < -0.39 is 0 Å². The van der Waals surface area contributed by atoms with Gasteiger partial charge in [-0.3, -0.25) is 0 Å². The quantitative estimate of drug-likeness (QED) is 0.816. The zero-order chi connectivity index (χ0) is 14.2. The number of nitrogens with one attached hydrogen (secondary N) is 1. The molecule has 0 bridgehead atoms. The summed E-state index contributed by atoms with van der Waals surface area (Å²) in [6, 6.07) is 12.9. The van der Waals surface area contributed by atoms with Gasteiger partial charge in [-0.2, -0.15) is 5.26 Å². The zero-order valence-corrected chi connectivity index (χ0v) is 11.2. The minimum atomic E-state index is 0.522. The minimum Gasteiger partial charge on any atom is -0.497 e. The third-order valence-electron chi connectivity index (χ3n) is 2.63. The number of rotatable bonds is 6. The summed E-state index contributed by atoms with van der Waals surface area (Å²) in [5.41, 5.74) is 0.546. The second-order valence-corrected chi connectivity index (χ2v) is 3.99. The van der Waals surface area contributed by atoms with Crippen molar-refractivity contribution in [2.45, 2.75) is 0 Å². The highest BCUT2D eigenvalue weighted by atomic mass is 16.5. The molecule has 1 aromatic heterocycles. The maximum Gasteiger partial charge on any atom is 0.126 e. The van der Waals surface area contributed by atoms with E-state index in [9.17, 15) is 0 Å². The molecule has 1 aromatic carbocycles. The molecule has 0 spiro atoms. The van der Waals surface area contributed by atoms with Crippen LogP contribution in [0, 0.1) is 11.3 Å². The summed E-state index contributed by atoms with van der Waals surface area (Å²) in [4.78, 5) is 4.11. The van der Waals surface area contributed by atoms with E-state index in [1.165, 1.54) is 6.20 Å². The van der Waals surface area contributed by atoms with Gasteiger partial charge in [-0.15, -0.1) is 0 Å². The van der Waals surface area contributed by atoms with Gasteiger partial charge in [0, 0.05) is 6.20 Å². The van der Waals surface area contributed by atoms with Gasteiger partial charge in [-0.1, -0.05) is 0 Å². The average Bonchev–Trinajstić information content (AvgIpc) is 2.53. The van der Waals surface area contributed by atoms with Crippen LogP contribution in [0.15, 0.2) is 42.6 Å². The molecule has 5 heteroatoms. The molecule has 0 atom stereocenters. The minimum absolute atomic E-state index is 0.522. The Labute approximate surface area is 117 Å². The largest absolute Gasteiger partial charge is 0.497 e. The lowest BCUT2D eigenvalue weighted by molar-refractivity contribution is 0.331. The number of aromatic nitrogens is 1. The van der Waals surface area contributed by atoms with Crippen LogP contribution in [-0.4, -0.2) is 25.2 Å². The fraction of sp³-hybridized carbons (Fsp3) is 0.200. The van der Waals surface area contributed by atoms with Crippen molar-refractivity contribution in [3.05, 3.63) is 48.2 Å². The zero-order valence-electron chi connectivity index (χ0n) is 11.2. The molecule has 0 aliphatic rings. The maximum atomic E-state index is 8.67. The molecule has 0 aliphatic heterocycles. The Morgan fingerprint density at radius 2 is 1.90 bits per heavy atom. The summed E-state index contributed by atoms with van der Waals surface area (Å²) < 4.78 is 10.6. The Bertz CT molecular complexity index is 574. The number of benzene rings is 1. The number of methoxy groups -OCH3 is 1. The fourth-order valence-corrected chi connectivity index (χ4v) is 1.58. The number of nitrogens with zero attached hydrogens (tertiary/aromatic N) is 2. The molecule has 0 saturated carbocycles. The van der Waals surface area contributed by atoms with E-state index in [2.05, 4.69) is 10.3 Å². The van der Waals surface area contributed by atoms with Crippen LogP contribution in [0.4, 0.5) is 5.82 Å². The monoisotopic (exact) mass is 269 g/mol. The summed E-state index contributed by atoms with van der Waals surface area (Å²) in [5.74, 6) is 2.32. The van der Waals surface area contributed by atoms with Crippen molar-refractivity contribution in [3.8, 4) is 17.6 Å². The summed E-state index contributed by atoms with van der Waals surface area (Å²) in [7, 11) is 1.63. The third-order valence-corrected chi connectivity index (χ3v) is 2.63. The Morgan fingerprint density at radius 1 is 1.15 bits per heavy atom. The molecule has 1 heterocycles. The molecule has 0 saturated heterocycles. The number of nitriles is 1. The molecule has 0 fully saturated rings. The molecule has 2 aromatic rings. The lowest BCUT2D eigenvalue weighted by Gasteiger charge is -2.08. The SMILES string of the molecule is COc1ccc(OCCNc2ccc(C#N)cn2)cc1. The molecular formula is C15H15N3O2. The van der Waals surface area contributed by atoms with Crippen molar-refractivity contribution in [2.24, 2.45) is 0 Å². The lowest BCUT2D eigenvalue weighted by atomic mass is 10.3. The van der Waals surface area contributed by atoms with Crippen LogP contribution in [0.3, 0.4) is 0 Å². The molecule has 20 heavy (non-hydrogen) atoms. The Morgan fingerprint density at radius 3 is 2.50 bits per heavy atom. The third kappa shape index (κ3) is 3.89. The van der Waals surface area contributed by atoms with E-state index in [0.717, 1.165) is 17.3 Å². The predicted molar refractivity (Wildman–Crippen MR) is 75.9 cm³/mol. The number of ether oxygens (including phenoxy) is 2. The van der Waals surface area contributed by atoms with Gasteiger partial charge >= 0.3 is 0 Å². The molecule has 0 amide bonds. The van der Waals surface area contributed by atoms with Crippen molar-refractivity contribution in [3.63, 3.8) is 0 Å². The van der Waals surface area contributed by atoms with Gasteiger partial charge in [0.2, 0.25) is 0 Å². The highest BCUT2D eigenvalue weighted by molar-refractivity contribution is 5.38. The van der Waals surface area contributed by atoms with Gasteiger partial charge in [0.05, 0.1) is 19.2 Å². The Hall–Kier alpha value is -2.74. The van der Waals surface area contributed by atoms with E-state index >= 15 is 0 Å². The molecule has 0 unspecified atom stereocenters. The van der Waals surface area contributed by atoms with Crippen molar-refractivity contribution >= 4 is 5.82 Å². The van der Waals surface area contributed by atoms with Crippen LogP contribution in [0.5, 0.6) is 11.5 Å². The van der Waals surface area contributed by atoms with Crippen molar-refractivity contribution < 1.29 is 9.47 Å². The van der Waals surface area contributed by atoms with E-state index in [4.69, 9.17) is 14.7 Å². The van der Waals surface area contributed by atoms with Gasteiger partial charge in [0.1, 0.15) is 30.0 Å². The van der Waals surface area contributed by atoms with Gasteiger partial charge in [0.25, 0.3) is 0 Å². The standard InChI is InChI=1S/C15H15N3O2/c1-19-13-3-5-14(6-4-13)20-9-8-17-15-7-2-12(10-16)11-18-15/h2-7,11H,8-9H2,1H3,(H,17,18). The van der Waals surface area contributed by atoms with Crippen molar-refractivity contribution in [1.29, 1.82) is 5.26 Å². The lowest BCUT2D eigenvalue weighted by Crippen LogP contribution is -2.12. The Kier molecular flexibility index (Phi) is 4.79. The van der Waals surface area contributed by atoms with Crippen LogP contribution in [0.1, 0.15) is 5.56 Å². The van der Waals surface area contributed by atoms with Crippen LogP contribution in [-0.2, 0) is 0 Å². The normalized spacial score (nSPS) is 9.60. The second kappa shape index (κ2) is 7.00. The molecule has 1 N–H and O–H groups in total. The predicted octanol–water partition coefficient (Wildman–Crippen LogP) is 2.45. The summed E-state index contributed by atoms with van der Waals surface area (Å²) in [5, 5.41) is 11.8. The summed E-state index contributed by atoms with van der Waals surface area (Å²) in [6.07, 6.45) is 1.53. The van der Waals surface area contributed by atoms with E-state index in [-0.39, 0.29) is 0 Å². The molecule has 2 rings (SSSR count). The van der Waals surface area contributed by atoms with E-state index in [1.807, 2.05) is 30.3 Å². The molecule has 102 valence electrons. The van der Waals surface area contributed by atoms with E-state index in [1.54, 1.807) is 19.2 Å². The molecular weight excluding hydrogens is 254 g/mol. The number of hydrogen-bond acceptors (Lipinski definition) is 5. The molecule has 5 nitrogen and oxygen atoms in total. The molecule has 0 aliphatic carbocycles. The first-order chi connectivity index (χ1) is 9.81. The van der Waals surface area contributed by atoms with Crippen LogP contribution in [0.2, 0.25) is 0 Å². The molecule has 0 radical (unpaired) electrons. The number of hydrogen-bond donors (Lipinski definition) is 1. The van der Waals surface area contributed by atoms with Crippen LogP contribution >= 0.6 is 0 Å². The topological polar surface area (TPSA) is 67.2 Å². The smallest absolute Gasteiger partial charge is 0.126 e. The Balaban J connectivity index is 1.74. The van der Waals surface area contributed by atoms with Gasteiger partial charge in [0.15, 0.2) is 0 Å². The first-order valence-electron chi connectivity index (χ1n) is 6.18. The van der Waals surface area contributed by atoms with Gasteiger partial charge < -0.3 is 14.8 Å². The van der Waals surface area contributed by atoms with Gasteiger partial charge in [-0.05, 0) is 36.4 Å². The van der Waals surface area contributed by atoms with Crippen LogP contribution in [0.25, 0.3) is 0 Å². The van der Waals surface area contributed by atoms with Crippen LogP contribution < -0.4 is 14.8 Å². The summed E-state index contributed by atoms with van der Waals surface area (Å²) in [6.45, 7) is 1.15. The first-order valence-corrected chi connectivity index (χ1v) is 6.18. The summed E-state index contributed by atoms with van der Waals surface area (Å²) >= 11 is 0. The van der Waals surface area contributed by atoms with Gasteiger partial charge in [-0.25, -0.2) is 4.98 Å². The maximum absolute atomic E-state index is 8.67. The first kappa shape index (κ1) is 13.7.